The maximum Gasteiger partial charge on any atom is 0.255 e. The molecule has 3 rings (SSSR count). The van der Waals surface area contributed by atoms with E-state index in [2.05, 4.69) is 15.4 Å². The summed E-state index contributed by atoms with van der Waals surface area (Å²) in [4.78, 5) is 17.0. The summed E-state index contributed by atoms with van der Waals surface area (Å²) in [6.45, 7) is 3.84. The van der Waals surface area contributed by atoms with E-state index in [1.54, 1.807) is 22.9 Å². The summed E-state index contributed by atoms with van der Waals surface area (Å²) < 4.78 is 24.9. The number of halogens is 1. The summed E-state index contributed by atoms with van der Waals surface area (Å²) in [6, 6.07) is 10.1. The predicted molar refractivity (Wildman–Crippen MR) is 116 cm³/mol. The number of hydrogen-bond donors (Lipinski definition) is 1. The van der Waals surface area contributed by atoms with Crippen molar-refractivity contribution in [3.05, 3.63) is 70.6 Å². The second-order valence-electron chi connectivity index (χ2n) is 7.05. The average molecular weight is 447 g/mol. The zero-order chi connectivity index (χ0) is 21.9. The third-order valence-corrected chi connectivity index (χ3v) is 6.00. The zero-order valence-corrected chi connectivity index (χ0v) is 18.5. The summed E-state index contributed by atoms with van der Waals surface area (Å²) in [5.41, 5.74) is 2.73. The number of hydrogen-bond acceptors (Lipinski definition) is 5. The molecule has 0 unspecified atom stereocenters. The monoisotopic (exact) mass is 446 g/mol. The van der Waals surface area contributed by atoms with E-state index in [9.17, 15) is 13.2 Å². The van der Waals surface area contributed by atoms with E-state index < -0.39 is 9.84 Å². The number of nitrogens with zero attached hydrogens (tertiary/aromatic N) is 3. The lowest BCUT2D eigenvalue weighted by atomic mass is 10.0. The molecule has 1 N–H and O–H groups in total. The summed E-state index contributed by atoms with van der Waals surface area (Å²) >= 11 is 5.94. The number of carbonyl (C=O) groups excluding carboxylic acids is 1. The molecule has 1 atom stereocenters. The molecule has 0 aliphatic carbocycles. The Labute approximate surface area is 181 Å². The molecular formula is C21H23ClN4O3S. The molecule has 1 amide bonds. The van der Waals surface area contributed by atoms with Crippen LogP contribution >= 0.6 is 11.6 Å². The second kappa shape index (κ2) is 8.97. The minimum Gasteiger partial charge on any atom is -0.345 e. The fraction of sp³-hybridized carbons (Fsp3) is 0.286. The largest absolute Gasteiger partial charge is 0.345 e. The molecule has 2 aromatic heterocycles. The number of carbonyl (C=O) groups is 1. The average Bonchev–Trinajstić information content (AvgIpc) is 3.09. The van der Waals surface area contributed by atoms with Gasteiger partial charge in [-0.3, -0.25) is 4.79 Å². The molecule has 9 heteroatoms. The summed E-state index contributed by atoms with van der Waals surface area (Å²) in [5, 5.41) is 7.99. The molecular weight excluding hydrogens is 424 g/mol. The first-order chi connectivity index (χ1) is 14.2. The fourth-order valence-electron chi connectivity index (χ4n) is 3.14. The third kappa shape index (κ3) is 4.88. The van der Waals surface area contributed by atoms with E-state index in [0.29, 0.717) is 22.7 Å². The number of aromatic nitrogens is 3. The van der Waals surface area contributed by atoms with Crippen molar-refractivity contribution >= 4 is 27.3 Å². The Morgan fingerprint density at radius 1 is 1.17 bits per heavy atom. The lowest BCUT2D eigenvalue weighted by Gasteiger charge is -2.18. The number of benzene rings is 1. The molecule has 0 saturated carbocycles. The van der Waals surface area contributed by atoms with Crippen LogP contribution in [-0.2, 0) is 9.84 Å². The zero-order valence-electron chi connectivity index (χ0n) is 17.0. The van der Waals surface area contributed by atoms with Crippen LogP contribution in [0.5, 0.6) is 0 Å². The van der Waals surface area contributed by atoms with Gasteiger partial charge >= 0.3 is 0 Å². The quantitative estimate of drug-likeness (QED) is 0.593. The maximum absolute atomic E-state index is 12.9. The molecule has 1 aromatic carbocycles. The van der Waals surface area contributed by atoms with Gasteiger partial charge in [-0.05, 0) is 49.2 Å². The molecule has 0 fully saturated rings. The van der Waals surface area contributed by atoms with Gasteiger partial charge in [0, 0.05) is 17.5 Å². The fourth-order valence-corrected chi connectivity index (χ4v) is 3.82. The van der Waals surface area contributed by atoms with Gasteiger partial charge in [0.05, 0.1) is 29.2 Å². The highest BCUT2D eigenvalue weighted by Gasteiger charge is 2.20. The smallest absolute Gasteiger partial charge is 0.255 e. The highest BCUT2D eigenvalue weighted by Crippen LogP contribution is 2.21. The van der Waals surface area contributed by atoms with Crippen molar-refractivity contribution in [1.29, 1.82) is 0 Å². The molecule has 30 heavy (non-hydrogen) atoms. The standard InChI is InChI=1S/C21H23ClN4O3S/c1-4-5-19(15-6-11-20(23-12-15)30(3,28)29)25-21(27)18-13-24-26(14(18)2)17-9-7-16(22)8-10-17/h6-13,19H,4-5H2,1-3H3,(H,25,27)/t19-/m0/s1. The van der Waals surface area contributed by atoms with Gasteiger partial charge in [-0.15, -0.1) is 0 Å². The number of nitrogens with one attached hydrogen (secondary N) is 1. The summed E-state index contributed by atoms with van der Waals surface area (Å²) in [5.74, 6) is -0.252. The highest BCUT2D eigenvalue weighted by atomic mass is 35.5. The first-order valence-electron chi connectivity index (χ1n) is 9.48. The number of sulfone groups is 1. The SMILES string of the molecule is CCC[C@H](NC(=O)c1cnn(-c2ccc(Cl)cc2)c1C)c1ccc(S(C)(=O)=O)nc1. The van der Waals surface area contributed by atoms with E-state index in [-0.39, 0.29) is 17.0 Å². The van der Waals surface area contributed by atoms with Crippen LogP contribution in [0.25, 0.3) is 5.69 Å². The topological polar surface area (TPSA) is 94.0 Å². The van der Waals surface area contributed by atoms with Gasteiger partial charge in [0.1, 0.15) is 0 Å². The minimum absolute atomic E-state index is 0.00732. The molecule has 2 heterocycles. The van der Waals surface area contributed by atoms with E-state index in [0.717, 1.165) is 23.9 Å². The van der Waals surface area contributed by atoms with Crippen LogP contribution in [0.1, 0.15) is 47.4 Å². The van der Waals surface area contributed by atoms with Crippen LogP contribution < -0.4 is 5.32 Å². The summed E-state index contributed by atoms with van der Waals surface area (Å²) in [7, 11) is -3.37. The Balaban J connectivity index is 1.83. The molecule has 0 aliphatic heterocycles. The number of rotatable bonds is 7. The first-order valence-corrected chi connectivity index (χ1v) is 11.7. The van der Waals surface area contributed by atoms with Gasteiger partial charge in [0.2, 0.25) is 0 Å². The van der Waals surface area contributed by atoms with Crippen molar-refractivity contribution in [3.63, 3.8) is 0 Å². The van der Waals surface area contributed by atoms with Crippen molar-refractivity contribution < 1.29 is 13.2 Å². The van der Waals surface area contributed by atoms with Crippen LogP contribution in [0.2, 0.25) is 5.02 Å². The maximum atomic E-state index is 12.9. The van der Waals surface area contributed by atoms with Gasteiger partial charge in [0.15, 0.2) is 14.9 Å². The molecule has 0 radical (unpaired) electrons. The van der Waals surface area contributed by atoms with Gasteiger partial charge < -0.3 is 5.32 Å². The Morgan fingerprint density at radius 2 is 1.87 bits per heavy atom. The van der Waals surface area contributed by atoms with E-state index in [1.807, 2.05) is 26.0 Å². The molecule has 3 aromatic rings. The Hall–Kier alpha value is -2.71. The number of pyridine rings is 1. The number of amides is 1. The van der Waals surface area contributed by atoms with Crippen molar-refractivity contribution in [2.45, 2.75) is 37.8 Å². The van der Waals surface area contributed by atoms with Crippen LogP contribution in [0.15, 0.2) is 53.8 Å². The normalized spacial score (nSPS) is 12.5. The van der Waals surface area contributed by atoms with Crippen LogP contribution in [0.3, 0.4) is 0 Å². The molecule has 0 aliphatic rings. The Morgan fingerprint density at radius 3 is 2.43 bits per heavy atom. The molecule has 7 nitrogen and oxygen atoms in total. The lowest BCUT2D eigenvalue weighted by Crippen LogP contribution is -2.29. The molecule has 0 bridgehead atoms. The van der Waals surface area contributed by atoms with Crippen molar-refractivity contribution in [2.24, 2.45) is 0 Å². The van der Waals surface area contributed by atoms with Gasteiger partial charge in [-0.2, -0.15) is 5.10 Å². The van der Waals surface area contributed by atoms with E-state index in [4.69, 9.17) is 11.6 Å². The molecule has 0 spiro atoms. The van der Waals surface area contributed by atoms with Crippen LogP contribution in [0.4, 0.5) is 0 Å². The lowest BCUT2D eigenvalue weighted by molar-refractivity contribution is 0.0933. The van der Waals surface area contributed by atoms with Gasteiger partial charge in [-0.25, -0.2) is 18.1 Å². The Kier molecular flexibility index (Phi) is 6.58. The second-order valence-corrected chi connectivity index (χ2v) is 9.45. The minimum atomic E-state index is -3.37. The van der Waals surface area contributed by atoms with Crippen molar-refractivity contribution in [1.82, 2.24) is 20.1 Å². The third-order valence-electron chi connectivity index (χ3n) is 4.75. The predicted octanol–water partition coefficient (Wildman–Crippen LogP) is 3.90. The van der Waals surface area contributed by atoms with Crippen molar-refractivity contribution in [3.8, 4) is 5.69 Å². The highest BCUT2D eigenvalue weighted by molar-refractivity contribution is 7.90. The van der Waals surface area contributed by atoms with Gasteiger partial charge in [0.25, 0.3) is 5.91 Å². The first kappa shape index (κ1) is 22.0. The van der Waals surface area contributed by atoms with E-state index >= 15 is 0 Å². The molecule has 0 saturated heterocycles. The van der Waals surface area contributed by atoms with Crippen LogP contribution in [0, 0.1) is 6.92 Å². The Bertz CT molecular complexity index is 1140. The summed E-state index contributed by atoms with van der Waals surface area (Å²) in [6.07, 6.45) is 5.67. The van der Waals surface area contributed by atoms with Crippen LogP contribution in [-0.4, -0.2) is 35.3 Å². The van der Waals surface area contributed by atoms with Crippen molar-refractivity contribution in [2.75, 3.05) is 6.26 Å². The van der Waals surface area contributed by atoms with E-state index in [1.165, 1.54) is 18.5 Å². The molecule has 158 valence electrons. The van der Waals surface area contributed by atoms with Gasteiger partial charge in [-0.1, -0.05) is 31.0 Å².